The molecule has 1 N–H and O–H groups in total. The SMILES string of the molecule is CCn1ncnc1CNc1ccccc1C(C)Cl. The normalized spacial score (nSPS) is 12.4. The molecule has 4 nitrogen and oxygen atoms in total. The molecule has 0 fully saturated rings. The van der Waals surface area contributed by atoms with Crippen molar-refractivity contribution in [2.45, 2.75) is 32.3 Å². The zero-order chi connectivity index (χ0) is 13.0. The summed E-state index contributed by atoms with van der Waals surface area (Å²) in [6.45, 7) is 5.49. The summed E-state index contributed by atoms with van der Waals surface area (Å²) in [5, 5.41) is 7.49. The van der Waals surface area contributed by atoms with Crippen molar-refractivity contribution in [2.75, 3.05) is 5.32 Å². The molecule has 96 valence electrons. The van der Waals surface area contributed by atoms with Crippen LogP contribution < -0.4 is 5.32 Å². The van der Waals surface area contributed by atoms with Crippen LogP contribution >= 0.6 is 11.6 Å². The molecule has 18 heavy (non-hydrogen) atoms. The van der Waals surface area contributed by atoms with Gasteiger partial charge < -0.3 is 5.32 Å². The van der Waals surface area contributed by atoms with Gasteiger partial charge in [0.2, 0.25) is 0 Å². The maximum absolute atomic E-state index is 6.15. The number of hydrogen-bond donors (Lipinski definition) is 1. The minimum atomic E-state index is -0.0160. The van der Waals surface area contributed by atoms with Crippen molar-refractivity contribution in [1.29, 1.82) is 0 Å². The van der Waals surface area contributed by atoms with Crippen LogP contribution in [0.15, 0.2) is 30.6 Å². The summed E-state index contributed by atoms with van der Waals surface area (Å²) < 4.78 is 1.87. The van der Waals surface area contributed by atoms with Crippen LogP contribution in [0.3, 0.4) is 0 Å². The minimum absolute atomic E-state index is 0.0160. The number of nitrogens with zero attached hydrogens (tertiary/aromatic N) is 3. The van der Waals surface area contributed by atoms with Crippen LogP contribution in [0.25, 0.3) is 0 Å². The van der Waals surface area contributed by atoms with Crippen LogP contribution in [-0.4, -0.2) is 14.8 Å². The molecule has 0 aliphatic carbocycles. The first-order valence-electron chi connectivity index (χ1n) is 6.06. The summed E-state index contributed by atoms with van der Waals surface area (Å²) >= 11 is 6.15. The lowest BCUT2D eigenvalue weighted by molar-refractivity contribution is 0.622. The summed E-state index contributed by atoms with van der Waals surface area (Å²) in [5.74, 6) is 0.925. The van der Waals surface area contributed by atoms with Gasteiger partial charge in [0, 0.05) is 12.2 Å². The van der Waals surface area contributed by atoms with Crippen molar-refractivity contribution >= 4 is 17.3 Å². The van der Waals surface area contributed by atoms with E-state index < -0.39 is 0 Å². The van der Waals surface area contributed by atoms with Gasteiger partial charge in [-0.1, -0.05) is 18.2 Å². The third-order valence-electron chi connectivity index (χ3n) is 2.82. The van der Waals surface area contributed by atoms with Crippen LogP contribution in [0.2, 0.25) is 0 Å². The van der Waals surface area contributed by atoms with Gasteiger partial charge in [-0.3, -0.25) is 0 Å². The van der Waals surface area contributed by atoms with Crippen molar-refractivity contribution in [1.82, 2.24) is 14.8 Å². The topological polar surface area (TPSA) is 42.7 Å². The molecule has 0 bridgehead atoms. The molecule has 0 aliphatic heterocycles. The number of aromatic nitrogens is 3. The molecule has 0 aliphatic rings. The molecule has 0 saturated heterocycles. The molecule has 0 radical (unpaired) electrons. The van der Waals surface area contributed by atoms with Crippen LogP contribution in [0.1, 0.15) is 30.6 Å². The minimum Gasteiger partial charge on any atom is -0.377 e. The predicted octanol–water partition coefficient (Wildman–Crippen LogP) is 3.21. The van der Waals surface area contributed by atoms with Crippen LogP contribution in [0.4, 0.5) is 5.69 Å². The molecule has 1 atom stereocenters. The van der Waals surface area contributed by atoms with Gasteiger partial charge in [0.15, 0.2) is 0 Å². The molecule has 0 amide bonds. The lowest BCUT2D eigenvalue weighted by Crippen LogP contribution is -2.10. The lowest BCUT2D eigenvalue weighted by atomic mass is 10.1. The number of anilines is 1. The number of aryl methyl sites for hydroxylation is 1. The molecule has 2 aromatic rings. The molecular formula is C13H17ClN4. The third-order valence-corrected chi connectivity index (χ3v) is 3.06. The monoisotopic (exact) mass is 264 g/mol. The van der Waals surface area contributed by atoms with Gasteiger partial charge in [-0.15, -0.1) is 11.6 Å². The molecule has 5 heteroatoms. The second kappa shape index (κ2) is 5.87. The molecule has 1 heterocycles. The van der Waals surface area contributed by atoms with Gasteiger partial charge in [-0.25, -0.2) is 9.67 Å². The first-order chi connectivity index (χ1) is 8.72. The Balaban J connectivity index is 2.11. The number of alkyl halides is 1. The van der Waals surface area contributed by atoms with E-state index in [0.717, 1.165) is 23.6 Å². The Bertz CT molecular complexity index is 507. The highest BCUT2D eigenvalue weighted by atomic mass is 35.5. The predicted molar refractivity (Wildman–Crippen MR) is 73.7 cm³/mol. The molecule has 0 spiro atoms. The lowest BCUT2D eigenvalue weighted by Gasteiger charge is -2.13. The highest BCUT2D eigenvalue weighted by molar-refractivity contribution is 6.21. The Labute approximate surface area is 112 Å². The van der Waals surface area contributed by atoms with E-state index >= 15 is 0 Å². The number of halogens is 1. The van der Waals surface area contributed by atoms with Gasteiger partial charge >= 0.3 is 0 Å². The van der Waals surface area contributed by atoms with Crippen molar-refractivity contribution in [3.8, 4) is 0 Å². The average molecular weight is 265 g/mol. The Morgan fingerprint density at radius 1 is 1.39 bits per heavy atom. The molecule has 2 rings (SSSR count). The Morgan fingerprint density at radius 2 is 2.17 bits per heavy atom. The first kappa shape index (κ1) is 12.9. The van der Waals surface area contributed by atoms with Gasteiger partial charge in [-0.2, -0.15) is 5.10 Å². The fourth-order valence-electron chi connectivity index (χ4n) is 1.87. The Kier molecular flexibility index (Phi) is 4.20. The summed E-state index contributed by atoms with van der Waals surface area (Å²) in [5.41, 5.74) is 2.15. The smallest absolute Gasteiger partial charge is 0.146 e. The molecule has 1 aromatic heterocycles. The standard InChI is InChI=1S/C13H17ClN4/c1-3-18-13(16-9-17-18)8-15-12-7-5-4-6-11(12)10(2)14/h4-7,9-10,15H,3,8H2,1-2H3. The quantitative estimate of drug-likeness (QED) is 0.844. The van der Waals surface area contributed by atoms with Crippen LogP contribution in [-0.2, 0) is 13.1 Å². The van der Waals surface area contributed by atoms with Crippen molar-refractivity contribution in [3.63, 3.8) is 0 Å². The van der Waals surface area contributed by atoms with Crippen LogP contribution in [0.5, 0.6) is 0 Å². The first-order valence-corrected chi connectivity index (χ1v) is 6.49. The van der Waals surface area contributed by atoms with E-state index in [9.17, 15) is 0 Å². The Morgan fingerprint density at radius 3 is 2.89 bits per heavy atom. The molecule has 0 saturated carbocycles. The summed E-state index contributed by atoms with van der Waals surface area (Å²) in [6, 6.07) is 8.05. The molecule has 1 unspecified atom stereocenters. The zero-order valence-electron chi connectivity index (χ0n) is 10.6. The van der Waals surface area contributed by atoms with E-state index in [4.69, 9.17) is 11.6 Å². The number of para-hydroxylation sites is 1. The number of rotatable bonds is 5. The second-order valence-corrected chi connectivity index (χ2v) is 4.70. The third kappa shape index (κ3) is 2.82. The number of nitrogens with one attached hydrogen (secondary N) is 1. The largest absolute Gasteiger partial charge is 0.377 e. The summed E-state index contributed by atoms with van der Waals surface area (Å²) in [7, 11) is 0. The van der Waals surface area contributed by atoms with Gasteiger partial charge in [0.25, 0.3) is 0 Å². The van der Waals surface area contributed by atoms with E-state index in [-0.39, 0.29) is 5.38 Å². The fourth-order valence-corrected chi connectivity index (χ4v) is 2.06. The summed E-state index contributed by atoms with van der Waals surface area (Å²) in [4.78, 5) is 4.23. The number of benzene rings is 1. The van der Waals surface area contributed by atoms with Crippen molar-refractivity contribution in [3.05, 3.63) is 42.0 Å². The number of hydrogen-bond acceptors (Lipinski definition) is 3. The Hall–Kier alpha value is -1.55. The summed E-state index contributed by atoms with van der Waals surface area (Å²) in [6.07, 6.45) is 1.58. The highest BCUT2D eigenvalue weighted by Gasteiger charge is 2.08. The second-order valence-electron chi connectivity index (χ2n) is 4.05. The van der Waals surface area contributed by atoms with Crippen molar-refractivity contribution < 1.29 is 0 Å². The molecule has 1 aromatic carbocycles. The van der Waals surface area contributed by atoms with Gasteiger partial charge in [-0.05, 0) is 25.5 Å². The fraction of sp³-hybridized carbons (Fsp3) is 0.385. The van der Waals surface area contributed by atoms with E-state index in [1.54, 1.807) is 6.33 Å². The van der Waals surface area contributed by atoms with E-state index in [2.05, 4.69) is 15.4 Å². The van der Waals surface area contributed by atoms with E-state index in [1.165, 1.54) is 0 Å². The van der Waals surface area contributed by atoms with Crippen molar-refractivity contribution in [2.24, 2.45) is 0 Å². The highest BCUT2D eigenvalue weighted by Crippen LogP contribution is 2.27. The maximum atomic E-state index is 6.15. The maximum Gasteiger partial charge on any atom is 0.146 e. The molecular weight excluding hydrogens is 248 g/mol. The van der Waals surface area contributed by atoms with Gasteiger partial charge in [0.05, 0.1) is 11.9 Å². The van der Waals surface area contributed by atoms with Gasteiger partial charge in [0.1, 0.15) is 12.2 Å². The average Bonchev–Trinajstić information content (AvgIpc) is 2.84. The zero-order valence-corrected chi connectivity index (χ0v) is 11.4. The van der Waals surface area contributed by atoms with Crippen LogP contribution in [0, 0.1) is 0 Å². The van der Waals surface area contributed by atoms with E-state index in [1.807, 2.05) is 42.8 Å². The van der Waals surface area contributed by atoms with E-state index in [0.29, 0.717) is 6.54 Å².